The van der Waals surface area contributed by atoms with Gasteiger partial charge in [0.15, 0.2) is 11.6 Å². The Morgan fingerprint density at radius 3 is 1.49 bits per heavy atom. The van der Waals surface area contributed by atoms with E-state index in [0.717, 1.165) is 33.8 Å². The first kappa shape index (κ1) is 60.0. The van der Waals surface area contributed by atoms with Crippen molar-refractivity contribution in [2.24, 2.45) is 4.99 Å². The van der Waals surface area contributed by atoms with Crippen molar-refractivity contribution in [2.75, 3.05) is 30.8 Å². The quantitative estimate of drug-likeness (QED) is 0.0328. The molecule has 86 heavy (non-hydrogen) atoms. The van der Waals surface area contributed by atoms with Gasteiger partial charge < -0.3 is 50.8 Å². The molecular formula is C57H61N15O14. The number of anilines is 4. The van der Waals surface area contributed by atoms with Crippen LogP contribution in [0.4, 0.5) is 32.6 Å². The predicted octanol–water partition coefficient (Wildman–Crippen LogP) is 4.52. The number of amidine groups is 1. The molecule has 3 saturated carbocycles. The molecule has 0 bridgehead atoms. The van der Waals surface area contributed by atoms with Crippen LogP contribution in [0.2, 0.25) is 0 Å². The monoisotopic (exact) mass is 1180 g/mol. The van der Waals surface area contributed by atoms with Crippen molar-refractivity contribution in [1.29, 1.82) is 0 Å². The van der Waals surface area contributed by atoms with E-state index in [4.69, 9.17) is 18.9 Å². The van der Waals surface area contributed by atoms with Crippen LogP contribution in [-0.4, -0.2) is 156 Å². The molecule has 29 heteroatoms. The fourth-order valence-corrected chi connectivity index (χ4v) is 8.85. The molecule has 448 valence electrons. The Labute approximate surface area is 490 Å². The van der Waals surface area contributed by atoms with Crippen LogP contribution in [0.3, 0.4) is 0 Å². The number of aromatic nitrogens is 6. The van der Waals surface area contributed by atoms with Gasteiger partial charge in [0.05, 0.1) is 17.7 Å². The van der Waals surface area contributed by atoms with E-state index in [1.54, 1.807) is 50.3 Å². The Hall–Kier alpha value is -10.6. The Morgan fingerprint density at radius 1 is 0.628 bits per heavy atom. The molecule has 5 heterocycles. The number of aryl methyl sites for hydroxylation is 4. The number of nitrogens with zero attached hydrogens (tertiary/aromatic N) is 9. The van der Waals surface area contributed by atoms with Gasteiger partial charge >= 0.3 is 24.1 Å². The van der Waals surface area contributed by atoms with E-state index in [9.17, 15) is 47.9 Å². The van der Waals surface area contributed by atoms with Crippen LogP contribution in [0.25, 0.3) is 11.0 Å². The molecule has 0 spiro atoms. The van der Waals surface area contributed by atoms with E-state index in [1.165, 1.54) is 47.9 Å². The smallest absolute Gasteiger partial charge is 0.419 e. The van der Waals surface area contributed by atoms with Gasteiger partial charge in [-0.25, -0.2) is 48.0 Å². The molecule has 2 aromatic carbocycles. The number of esters is 2. The molecule has 10 rings (SSSR count). The summed E-state index contributed by atoms with van der Waals surface area (Å²) in [6, 6.07) is 8.23. The summed E-state index contributed by atoms with van der Waals surface area (Å²) in [5.41, 5.74) is 6.41. The SMILES string of the molecule is Cc1ccc(C(=O)NC2=NCC=C2)cc1Nc1ncnn2cc(C(=O)N(C(=O)OCOC(=O)C(C)NC=O)C3CC3)c(C)c12.Cc1ccc(C(=O)NC2CC2)cc1Nc1ncnn2cc(C(=O)N(C(=O)OCOC(=O)C(C)NC=O)C3CC3)c(C)c12. The van der Waals surface area contributed by atoms with Crippen molar-refractivity contribution in [3.63, 3.8) is 0 Å². The Morgan fingerprint density at radius 2 is 1.08 bits per heavy atom. The molecular weight excluding hydrogens is 1120 g/mol. The van der Waals surface area contributed by atoms with Gasteiger partial charge in [-0.2, -0.15) is 10.2 Å². The van der Waals surface area contributed by atoms with Crippen molar-refractivity contribution in [1.82, 2.24) is 60.3 Å². The summed E-state index contributed by atoms with van der Waals surface area (Å²) >= 11 is 0. The van der Waals surface area contributed by atoms with E-state index in [1.807, 2.05) is 26.0 Å². The van der Waals surface area contributed by atoms with Gasteiger partial charge in [0.1, 0.15) is 41.6 Å². The zero-order valence-corrected chi connectivity index (χ0v) is 47.6. The third-order valence-corrected chi connectivity index (χ3v) is 14.2. The number of nitrogens with one attached hydrogen (secondary N) is 6. The number of carbonyl (C=O) groups excluding carboxylic acids is 10. The summed E-state index contributed by atoms with van der Waals surface area (Å²) in [7, 11) is 0. The zero-order chi connectivity index (χ0) is 61.3. The number of amides is 8. The summed E-state index contributed by atoms with van der Waals surface area (Å²) in [4.78, 5) is 138. The average molecular weight is 1180 g/mol. The molecule has 0 radical (unpaired) electrons. The van der Waals surface area contributed by atoms with Crippen molar-refractivity contribution in [3.8, 4) is 0 Å². The van der Waals surface area contributed by atoms with Gasteiger partial charge in [0.25, 0.3) is 23.6 Å². The van der Waals surface area contributed by atoms with Crippen LogP contribution in [-0.2, 0) is 38.1 Å². The van der Waals surface area contributed by atoms with Crippen LogP contribution < -0.4 is 31.9 Å². The van der Waals surface area contributed by atoms with Crippen LogP contribution in [0.15, 0.2) is 78.6 Å². The van der Waals surface area contributed by atoms with Gasteiger partial charge in [0, 0.05) is 53.0 Å². The number of hydrogen-bond acceptors (Lipinski definition) is 21. The highest BCUT2D eigenvalue weighted by Gasteiger charge is 2.42. The summed E-state index contributed by atoms with van der Waals surface area (Å²) in [6.07, 6.45) is 12.5. The fourth-order valence-electron chi connectivity index (χ4n) is 8.85. The van der Waals surface area contributed by atoms with E-state index in [0.29, 0.717) is 107 Å². The number of rotatable bonds is 21. The molecule has 2 atom stereocenters. The van der Waals surface area contributed by atoms with Crippen molar-refractivity contribution in [3.05, 3.63) is 118 Å². The number of hydrogen-bond donors (Lipinski definition) is 6. The highest BCUT2D eigenvalue weighted by atomic mass is 16.7. The number of fused-ring (bicyclic) bond motifs is 2. The van der Waals surface area contributed by atoms with E-state index >= 15 is 0 Å². The lowest BCUT2D eigenvalue weighted by atomic mass is 10.1. The van der Waals surface area contributed by atoms with E-state index in [2.05, 4.69) is 57.1 Å². The Bertz CT molecular complexity index is 3750. The molecule has 6 N–H and O–H groups in total. The molecule has 2 unspecified atom stereocenters. The Balaban J connectivity index is 0.000000206. The van der Waals surface area contributed by atoms with Gasteiger partial charge in [-0.05, 0) is 133 Å². The first-order valence-corrected chi connectivity index (χ1v) is 27.3. The minimum absolute atomic E-state index is 0.144. The second-order valence-electron chi connectivity index (χ2n) is 20.6. The van der Waals surface area contributed by atoms with Crippen LogP contribution in [0.1, 0.15) is 116 Å². The second-order valence-corrected chi connectivity index (χ2v) is 20.6. The summed E-state index contributed by atoms with van der Waals surface area (Å²) < 4.78 is 22.8. The third kappa shape index (κ3) is 14.1. The molecule has 3 aliphatic carbocycles. The lowest BCUT2D eigenvalue weighted by Crippen LogP contribution is -2.40. The maximum atomic E-state index is 13.7. The molecule has 4 aromatic heterocycles. The van der Waals surface area contributed by atoms with Gasteiger partial charge in [-0.15, -0.1) is 0 Å². The molecule has 3 fully saturated rings. The zero-order valence-electron chi connectivity index (χ0n) is 47.6. The maximum absolute atomic E-state index is 13.7. The lowest BCUT2D eigenvalue weighted by Gasteiger charge is -2.20. The summed E-state index contributed by atoms with van der Waals surface area (Å²) in [6.45, 7) is 9.12. The minimum Gasteiger partial charge on any atom is -0.426 e. The fraction of sp³-hybridized carbons (Fsp3) is 0.351. The number of imide groups is 2. The van der Waals surface area contributed by atoms with Crippen LogP contribution in [0, 0.1) is 27.7 Å². The molecule has 0 saturated heterocycles. The highest BCUT2D eigenvalue weighted by molar-refractivity contribution is 6.11. The molecule has 6 aromatic rings. The number of ether oxygens (including phenoxy) is 4. The van der Waals surface area contributed by atoms with Gasteiger partial charge in [0.2, 0.25) is 26.4 Å². The maximum Gasteiger partial charge on any atom is 0.419 e. The largest absolute Gasteiger partial charge is 0.426 e. The molecule has 8 amide bonds. The molecule has 4 aliphatic rings. The van der Waals surface area contributed by atoms with Gasteiger partial charge in [-0.1, -0.05) is 18.2 Å². The number of carbonyl (C=O) groups is 10. The molecule has 1 aliphatic heterocycles. The van der Waals surface area contributed by atoms with Crippen molar-refractivity contribution >= 4 is 100 Å². The van der Waals surface area contributed by atoms with Crippen LogP contribution >= 0.6 is 0 Å². The van der Waals surface area contributed by atoms with Crippen molar-refractivity contribution < 1.29 is 66.9 Å². The van der Waals surface area contributed by atoms with Crippen LogP contribution in [0.5, 0.6) is 0 Å². The number of aliphatic imine (C=N–C) groups is 1. The first-order chi connectivity index (χ1) is 41.3. The van der Waals surface area contributed by atoms with Crippen molar-refractivity contribution in [2.45, 2.75) is 110 Å². The first-order valence-electron chi connectivity index (χ1n) is 27.3. The highest BCUT2D eigenvalue weighted by Crippen LogP contribution is 2.35. The average Bonchev–Trinajstić information content (AvgIpc) is 1.85. The standard InChI is InChI=1S/C29H30N8O7.C28H31N7O7/c1-16-6-7-19(26(39)35-23-5-4-10-30-23)11-22(16)34-25-24-17(2)21(12-36(24)33-13-31-25)27(40)37(20-8-9-20)29(42)44-15-43-28(41)18(3)32-14-38;1-15-4-5-18(25(37)32-19-6-7-19)10-22(15)33-24-23-16(2)21(11-34(23)31-12-29-24)26(38)35(20-8-9-20)28(40)42-14-41-27(39)17(3)30-13-36/h4-7,11-14,18,20H,8-10,15H2,1-3H3,(H,32,38)(H,30,35,39)(H,31,33,34);4-5,10-13,17,19-20H,6-9,14H2,1-3H3,(H,30,36)(H,32,37)(H,29,31,33). The van der Waals surface area contributed by atoms with E-state index in [-0.39, 0.29) is 41.1 Å². The normalized spacial score (nSPS) is 14.7. The summed E-state index contributed by atoms with van der Waals surface area (Å²) in [5, 5.41) is 25.2. The molecule has 29 nitrogen and oxygen atoms in total. The topological polar surface area (TPSA) is 359 Å². The third-order valence-electron chi connectivity index (χ3n) is 14.2. The minimum atomic E-state index is -0.967. The lowest BCUT2D eigenvalue weighted by molar-refractivity contribution is -0.155. The van der Waals surface area contributed by atoms with Gasteiger partial charge in [-0.3, -0.25) is 33.8 Å². The second kappa shape index (κ2) is 26.3. The Kier molecular flexibility index (Phi) is 18.4. The van der Waals surface area contributed by atoms with E-state index < -0.39 is 61.6 Å². The number of benzene rings is 2. The predicted molar refractivity (Wildman–Crippen MR) is 304 cm³/mol. The summed E-state index contributed by atoms with van der Waals surface area (Å²) in [5.74, 6) is -1.96.